The Balaban J connectivity index is 1.97. The third-order valence-electron chi connectivity index (χ3n) is 4.10. The van der Waals surface area contributed by atoms with Crippen molar-refractivity contribution in [2.24, 2.45) is 0 Å². The van der Waals surface area contributed by atoms with Crippen LogP contribution in [0.1, 0.15) is 46.5 Å². The van der Waals surface area contributed by atoms with E-state index in [-0.39, 0.29) is 12.1 Å². The molecule has 0 aromatic rings. The first kappa shape index (κ1) is 16.1. The molecule has 21 heavy (non-hydrogen) atoms. The fraction of sp³-hybridized carbons (Fsp3) is 0.867. The van der Waals surface area contributed by atoms with Crippen molar-refractivity contribution >= 4 is 12.1 Å². The molecule has 2 fully saturated rings. The van der Waals surface area contributed by atoms with Gasteiger partial charge in [0.25, 0.3) is 0 Å². The van der Waals surface area contributed by atoms with Crippen molar-refractivity contribution in [1.82, 2.24) is 9.80 Å². The van der Waals surface area contributed by atoms with E-state index in [1.807, 2.05) is 20.8 Å². The van der Waals surface area contributed by atoms with Gasteiger partial charge in [-0.2, -0.15) is 0 Å². The van der Waals surface area contributed by atoms with E-state index in [2.05, 4.69) is 4.90 Å². The lowest BCUT2D eigenvalue weighted by Crippen LogP contribution is -2.53. The minimum atomic E-state index is -0.748. The summed E-state index contributed by atoms with van der Waals surface area (Å²) >= 11 is 0. The van der Waals surface area contributed by atoms with E-state index in [1.165, 1.54) is 0 Å². The highest BCUT2D eigenvalue weighted by molar-refractivity contribution is 5.74. The molecule has 0 spiro atoms. The summed E-state index contributed by atoms with van der Waals surface area (Å²) in [7, 11) is 0. The SMILES string of the molecule is CC(C)(C)OC(=O)N1CCC[C@H](N2CCC[C@@H]2C(=O)O)C1. The fourth-order valence-electron chi connectivity index (χ4n) is 3.21. The number of carboxylic acid groups (broad SMARTS) is 1. The molecular weight excluding hydrogens is 272 g/mol. The minimum absolute atomic E-state index is 0.134. The van der Waals surface area contributed by atoms with Crippen molar-refractivity contribution < 1.29 is 19.4 Å². The molecule has 0 aromatic heterocycles. The Morgan fingerprint density at radius 3 is 2.43 bits per heavy atom. The van der Waals surface area contributed by atoms with Crippen molar-refractivity contribution in [3.63, 3.8) is 0 Å². The van der Waals surface area contributed by atoms with Crippen LogP contribution in [0.4, 0.5) is 4.79 Å². The number of hydrogen-bond donors (Lipinski definition) is 1. The zero-order chi connectivity index (χ0) is 15.6. The van der Waals surface area contributed by atoms with Gasteiger partial charge in [0.05, 0.1) is 0 Å². The van der Waals surface area contributed by atoms with Gasteiger partial charge in [0, 0.05) is 19.1 Å². The van der Waals surface area contributed by atoms with E-state index in [0.717, 1.165) is 25.8 Å². The summed E-state index contributed by atoms with van der Waals surface area (Å²) < 4.78 is 5.41. The van der Waals surface area contributed by atoms with Crippen LogP contribution in [0.5, 0.6) is 0 Å². The lowest BCUT2D eigenvalue weighted by Gasteiger charge is -2.39. The molecule has 0 radical (unpaired) electrons. The highest BCUT2D eigenvalue weighted by atomic mass is 16.6. The van der Waals surface area contributed by atoms with E-state index in [9.17, 15) is 14.7 Å². The zero-order valence-corrected chi connectivity index (χ0v) is 13.2. The quantitative estimate of drug-likeness (QED) is 0.843. The summed E-state index contributed by atoms with van der Waals surface area (Å²) in [6.07, 6.45) is 3.17. The Labute approximate surface area is 126 Å². The summed E-state index contributed by atoms with van der Waals surface area (Å²) in [6, 6.07) is -0.261. The van der Waals surface area contributed by atoms with Gasteiger partial charge in [-0.25, -0.2) is 4.79 Å². The summed E-state index contributed by atoms with van der Waals surface area (Å²) in [4.78, 5) is 27.2. The lowest BCUT2D eigenvalue weighted by atomic mass is 10.0. The van der Waals surface area contributed by atoms with Gasteiger partial charge in [0.15, 0.2) is 0 Å². The molecular formula is C15H26N2O4. The van der Waals surface area contributed by atoms with Gasteiger partial charge in [-0.15, -0.1) is 0 Å². The summed E-state index contributed by atoms with van der Waals surface area (Å²) in [6.45, 7) is 7.63. The van der Waals surface area contributed by atoms with Gasteiger partial charge in [0.2, 0.25) is 0 Å². The van der Waals surface area contributed by atoms with Gasteiger partial charge >= 0.3 is 12.1 Å². The maximum Gasteiger partial charge on any atom is 0.410 e. The maximum absolute atomic E-state index is 12.2. The molecule has 2 rings (SSSR count). The van der Waals surface area contributed by atoms with E-state index in [1.54, 1.807) is 4.90 Å². The molecule has 2 heterocycles. The molecule has 2 saturated heterocycles. The number of carbonyl (C=O) groups excluding carboxylic acids is 1. The second-order valence-corrected chi connectivity index (χ2v) is 6.96. The Bertz CT molecular complexity index is 405. The van der Waals surface area contributed by atoms with E-state index < -0.39 is 17.6 Å². The summed E-state index contributed by atoms with van der Waals surface area (Å²) in [5, 5.41) is 9.30. The first-order valence-electron chi connectivity index (χ1n) is 7.74. The fourth-order valence-corrected chi connectivity index (χ4v) is 3.21. The lowest BCUT2D eigenvalue weighted by molar-refractivity contribution is -0.143. The van der Waals surface area contributed by atoms with Crippen LogP contribution >= 0.6 is 0 Å². The smallest absolute Gasteiger partial charge is 0.410 e. The second kappa shape index (κ2) is 6.22. The van der Waals surface area contributed by atoms with Crippen molar-refractivity contribution in [1.29, 1.82) is 0 Å². The number of likely N-dealkylation sites (tertiary alicyclic amines) is 2. The Kier molecular flexibility index (Phi) is 4.76. The molecule has 2 aliphatic rings. The van der Waals surface area contributed by atoms with E-state index >= 15 is 0 Å². The van der Waals surface area contributed by atoms with Crippen LogP contribution in [-0.4, -0.2) is 64.3 Å². The number of nitrogens with zero attached hydrogens (tertiary/aromatic N) is 2. The molecule has 6 heteroatoms. The Morgan fingerprint density at radius 2 is 1.81 bits per heavy atom. The average Bonchev–Trinajstić information content (AvgIpc) is 2.86. The number of carboxylic acids is 1. The first-order chi connectivity index (χ1) is 9.78. The topological polar surface area (TPSA) is 70.1 Å². The molecule has 0 unspecified atom stereocenters. The number of hydrogen-bond acceptors (Lipinski definition) is 4. The van der Waals surface area contributed by atoms with Crippen molar-refractivity contribution in [2.45, 2.75) is 64.1 Å². The van der Waals surface area contributed by atoms with Crippen LogP contribution in [0, 0.1) is 0 Å². The van der Waals surface area contributed by atoms with Crippen LogP contribution in [0.25, 0.3) is 0 Å². The van der Waals surface area contributed by atoms with Crippen LogP contribution in [0.15, 0.2) is 0 Å². The zero-order valence-electron chi connectivity index (χ0n) is 13.2. The molecule has 0 aromatic carbocycles. The maximum atomic E-state index is 12.2. The molecule has 2 atom stereocenters. The largest absolute Gasteiger partial charge is 0.480 e. The Hall–Kier alpha value is -1.30. The standard InChI is InChI=1S/C15H26N2O4/c1-15(2,3)21-14(20)16-8-4-6-11(10-16)17-9-5-7-12(17)13(18)19/h11-12H,4-10H2,1-3H3,(H,18,19)/t11-,12+/m0/s1. The van der Waals surface area contributed by atoms with E-state index in [4.69, 9.17) is 4.74 Å². The molecule has 2 aliphatic heterocycles. The van der Waals surface area contributed by atoms with Crippen molar-refractivity contribution in [3.8, 4) is 0 Å². The average molecular weight is 298 g/mol. The monoisotopic (exact) mass is 298 g/mol. The molecule has 0 bridgehead atoms. The molecule has 0 saturated carbocycles. The Morgan fingerprint density at radius 1 is 1.14 bits per heavy atom. The molecule has 0 aliphatic carbocycles. The van der Waals surface area contributed by atoms with Gasteiger partial charge < -0.3 is 14.7 Å². The predicted molar refractivity (Wildman–Crippen MR) is 78.2 cm³/mol. The van der Waals surface area contributed by atoms with Gasteiger partial charge in [-0.05, 0) is 53.0 Å². The second-order valence-electron chi connectivity index (χ2n) is 6.96. The van der Waals surface area contributed by atoms with Crippen LogP contribution < -0.4 is 0 Å². The number of piperidine rings is 1. The number of carbonyl (C=O) groups is 2. The van der Waals surface area contributed by atoms with Gasteiger partial charge in [-0.3, -0.25) is 9.69 Å². The molecule has 120 valence electrons. The predicted octanol–water partition coefficient (Wildman–Crippen LogP) is 1.93. The van der Waals surface area contributed by atoms with Gasteiger partial charge in [0.1, 0.15) is 11.6 Å². The molecule has 6 nitrogen and oxygen atoms in total. The number of amides is 1. The number of aliphatic carboxylic acids is 1. The highest BCUT2D eigenvalue weighted by Gasteiger charge is 2.38. The van der Waals surface area contributed by atoms with Crippen LogP contribution in [-0.2, 0) is 9.53 Å². The summed E-state index contributed by atoms with van der Waals surface area (Å²) in [5.41, 5.74) is -0.499. The normalized spacial score (nSPS) is 27.7. The first-order valence-corrected chi connectivity index (χ1v) is 7.74. The van der Waals surface area contributed by atoms with Crippen LogP contribution in [0.2, 0.25) is 0 Å². The minimum Gasteiger partial charge on any atom is -0.480 e. The number of rotatable bonds is 2. The van der Waals surface area contributed by atoms with Gasteiger partial charge in [-0.1, -0.05) is 0 Å². The molecule has 1 amide bonds. The summed E-state index contributed by atoms with van der Waals surface area (Å²) in [5.74, 6) is -0.748. The van der Waals surface area contributed by atoms with Crippen LogP contribution in [0.3, 0.4) is 0 Å². The van der Waals surface area contributed by atoms with E-state index in [0.29, 0.717) is 19.5 Å². The third kappa shape index (κ3) is 4.09. The van der Waals surface area contributed by atoms with Crippen molar-refractivity contribution in [2.75, 3.05) is 19.6 Å². The van der Waals surface area contributed by atoms with Crippen molar-refractivity contribution in [3.05, 3.63) is 0 Å². The molecule has 1 N–H and O–H groups in total. The third-order valence-corrected chi connectivity index (χ3v) is 4.10. The highest BCUT2D eigenvalue weighted by Crippen LogP contribution is 2.26. The number of ether oxygens (including phenoxy) is 1.